The molecule has 0 atom stereocenters. The molecule has 0 amide bonds. The Kier molecular flexibility index (Phi) is 5.97. The van der Waals surface area contributed by atoms with Gasteiger partial charge in [0.1, 0.15) is 16.4 Å². The molecule has 0 saturated carbocycles. The Labute approximate surface area is 163 Å². The first-order valence-electron chi connectivity index (χ1n) is 8.93. The molecule has 28 heavy (non-hydrogen) atoms. The van der Waals surface area contributed by atoms with Crippen LogP contribution in [0.2, 0.25) is 0 Å². The van der Waals surface area contributed by atoms with Crippen molar-refractivity contribution in [3.8, 4) is 11.5 Å². The summed E-state index contributed by atoms with van der Waals surface area (Å²) in [4.78, 5) is 10.3. The SMILES string of the molecule is CC(C)c1cccc(Oc2ccc([N+](=O)[O-])cc2S(=O)(=O)N2CCOCC2)c1. The van der Waals surface area contributed by atoms with Crippen LogP contribution in [0.4, 0.5) is 5.69 Å². The largest absolute Gasteiger partial charge is 0.456 e. The van der Waals surface area contributed by atoms with Gasteiger partial charge in [0.25, 0.3) is 5.69 Å². The van der Waals surface area contributed by atoms with Crippen molar-refractivity contribution in [1.82, 2.24) is 4.31 Å². The minimum atomic E-state index is -3.97. The first kappa shape index (κ1) is 20.2. The maximum Gasteiger partial charge on any atom is 0.271 e. The van der Waals surface area contributed by atoms with E-state index in [2.05, 4.69) is 0 Å². The molecule has 1 fully saturated rings. The number of nitrogens with zero attached hydrogens (tertiary/aromatic N) is 2. The summed E-state index contributed by atoms with van der Waals surface area (Å²) < 4.78 is 38.6. The van der Waals surface area contributed by atoms with Crippen LogP contribution < -0.4 is 4.74 Å². The van der Waals surface area contributed by atoms with E-state index in [4.69, 9.17) is 9.47 Å². The van der Waals surface area contributed by atoms with Crippen LogP contribution in [0.15, 0.2) is 47.4 Å². The van der Waals surface area contributed by atoms with Gasteiger partial charge in [0.2, 0.25) is 10.0 Å². The van der Waals surface area contributed by atoms with Crippen LogP contribution in [0, 0.1) is 10.1 Å². The van der Waals surface area contributed by atoms with Gasteiger partial charge in [-0.15, -0.1) is 0 Å². The van der Waals surface area contributed by atoms with E-state index >= 15 is 0 Å². The van der Waals surface area contributed by atoms with Gasteiger partial charge in [-0.3, -0.25) is 10.1 Å². The number of non-ortho nitro benzene ring substituents is 1. The predicted molar refractivity (Wildman–Crippen MR) is 103 cm³/mol. The van der Waals surface area contributed by atoms with E-state index in [1.54, 1.807) is 6.07 Å². The number of ether oxygens (including phenoxy) is 2. The number of hydrogen-bond acceptors (Lipinski definition) is 6. The first-order valence-corrected chi connectivity index (χ1v) is 10.4. The number of nitro benzene ring substituents is 1. The fraction of sp³-hybridized carbons (Fsp3) is 0.368. The lowest BCUT2D eigenvalue weighted by molar-refractivity contribution is -0.385. The molecular weight excluding hydrogens is 384 g/mol. The second-order valence-electron chi connectivity index (χ2n) is 6.73. The lowest BCUT2D eigenvalue weighted by Crippen LogP contribution is -2.40. The van der Waals surface area contributed by atoms with Crippen molar-refractivity contribution >= 4 is 15.7 Å². The summed E-state index contributed by atoms with van der Waals surface area (Å²) in [6.45, 7) is 5.01. The highest BCUT2D eigenvalue weighted by atomic mass is 32.2. The maximum absolute atomic E-state index is 13.1. The zero-order chi connectivity index (χ0) is 20.3. The summed E-state index contributed by atoms with van der Waals surface area (Å²) in [6.07, 6.45) is 0. The van der Waals surface area contributed by atoms with Crippen molar-refractivity contribution in [3.63, 3.8) is 0 Å². The van der Waals surface area contributed by atoms with Crippen molar-refractivity contribution in [1.29, 1.82) is 0 Å². The van der Waals surface area contributed by atoms with Crippen molar-refractivity contribution < 1.29 is 22.8 Å². The van der Waals surface area contributed by atoms with Gasteiger partial charge in [0.05, 0.1) is 18.1 Å². The van der Waals surface area contributed by atoms with E-state index in [-0.39, 0.29) is 48.6 Å². The Morgan fingerprint density at radius 3 is 2.50 bits per heavy atom. The highest BCUT2D eigenvalue weighted by molar-refractivity contribution is 7.89. The molecule has 9 heteroatoms. The van der Waals surface area contributed by atoms with Gasteiger partial charge in [-0.25, -0.2) is 8.42 Å². The number of rotatable bonds is 6. The molecule has 3 rings (SSSR count). The lowest BCUT2D eigenvalue weighted by Gasteiger charge is -2.26. The fourth-order valence-electron chi connectivity index (χ4n) is 2.89. The number of morpholine rings is 1. The van der Waals surface area contributed by atoms with Crippen LogP contribution in [0.3, 0.4) is 0 Å². The minimum Gasteiger partial charge on any atom is -0.456 e. The highest BCUT2D eigenvalue weighted by Crippen LogP contribution is 2.34. The van der Waals surface area contributed by atoms with Crippen molar-refractivity contribution in [2.24, 2.45) is 0 Å². The summed E-state index contributed by atoms with van der Waals surface area (Å²) in [6, 6.07) is 10.9. The van der Waals surface area contributed by atoms with Gasteiger partial charge in [0.15, 0.2) is 0 Å². The van der Waals surface area contributed by atoms with Gasteiger partial charge < -0.3 is 9.47 Å². The highest BCUT2D eigenvalue weighted by Gasteiger charge is 2.31. The van der Waals surface area contributed by atoms with E-state index in [0.717, 1.165) is 11.6 Å². The second kappa shape index (κ2) is 8.26. The topological polar surface area (TPSA) is 99.0 Å². The van der Waals surface area contributed by atoms with Crippen LogP contribution >= 0.6 is 0 Å². The molecule has 1 heterocycles. The molecule has 0 bridgehead atoms. The summed E-state index contributed by atoms with van der Waals surface area (Å²) >= 11 is 0. The number of benzene rings is 2. The Morgan fingerprint density at radius 2 is 1.86 bits per heavy atom. The molecule has 2 aromatic rings. The van der Waals surface area contributed by atoms with Crippen molar-refractivity contribution in [3.05, 3.63) is 58.1 Å². The Bertz CT molecular complexity index is 968. The van der Waals surface area contributed by atoms with Gasteiger partial charge in [-0.1, -0.05) is 26.0 Å². The average Bonchev–Trinajstić information content (AvgIpc) is 2.69. The van der Waals surface area contributed by atoms with Gasteiger partial charge in [-0.2, -0.15) is 4.31 Å². The average molecular weight is 406 g/mol. The minimum absolute atomic E-state index is 0.0537. The molecular formula is C19H22N2O6S. The van der Waals surface area contributed by atoms with Crippen LogP contribution in [-0.2, 0) is 14.8 Å². The van der Waals surface area contributed by atoms with E-state index in [1.165, 1.54) is 16.4 Å². The molecule has 0 N–H and O–H groups in total. The number of hydrogen-bond donors (Lipinski definition) is 0. The zero-order valence-corrected chi connectivity index (χ0v) is 16.5. The van der Waals surface area contributed by atoms with Crippen LogP contribution in [0.25, 0.3) is 0 Å². The van der Waals surface area contributed by atoms with E-state index in [9.17, 15) is 18.5 Å². The summed E-state index contributed by atoms with van der Waals surface area (Å²) in [5.41, 5.74) is 0.729. The monoisotopic (exact) mass is 406 g/mol. The van der Waals surface area contributed by atoms with Crippen molar-refractivity contribution in [2.75, 3.05) is 26.3 Å². The molecule has 0 radical (unpaired) electrons. The number of sulfonamides is 1. The molecule has 0 aromatic heterocycles. The molecule has 2 aromatic carbocycles. The maximum atomic E-state index is 13.1. The first-order chi connectivity index (χ1) is 13.3. The third-order valence-corrected chi connectivity index (χ3v) is 6.40. The molecule has 0 unspecified atom stereocenters. The quantitative estimate of drug-likeness (QED) is 0.537. The lowest BCUT2D eigenvalue weighted by atomic mass is 10.0. The third-order valence-electron chi connectivity index (χ3n) is 4.48. The molecule has 1 aliphatic heterocycles. The van der Waals surface area contributed by atoms with Gasteiger partial charge in [0, 0.05) is 25.2 Å². The van der Waals surface area contributed by atoms with Crippen LogP contribution in [0.1, 0.15) is 25.3 Å². The Hall–Kier alpha value is -2.49. The summed E-state index contributed by atoms with van der Waals surface area (Å²) in [5.74, 6) is 0.799. The predicted octanol–water partition coefficient (Wildman–Crippen LogP) is 3.53. The Morgan fingerprint density at radius 1 is 1.14 bits per heavy atom. The van der Waals surface area contributed by atoms with Gasteiger partial charge >= 0.3 is 0 Å². The van der Waals surface area contributed by atoms with E-state index in [1.807, 2.05) is 32.0 Å². The van der Waals surface area contributed by atoms with Crippen molar-refractivity contribution in [2.45, 2.75) is 24.7 Å². The molecule has 1 saturated heterocycles. The van der Waals surface area contributed by atoms with Crippen LogP contribution in [0.5, 0.6) is 11.5 Å². The van der Waals surface area contributed by atoms with E-state index < -0.39 is 14.9 Å². The standard InChI is InChI=1S/C19H22N2O6S/c1-14(2)15-4-3-5-17(12-15)27-18-7-6-16(21(22)23)13-19(18)28(24,25)20-8-10-26-11-9-20/h3-7,12-14H,8-11H2,1-2H3. The number of nitro groups is 1. The normalized spacial score (nSPS) is 15.5. The molecule has 0 spiro atoms. The molecule has 8 nitrogen and oxygen atoms in total. The molecule has 150 valence electrons. The Balaban J connectivity index is 2.03. The summed E-state index contributed by atoms with van der Waals surface area (Å²) in [7, 11) is -3.97. The smallest absolute Gasteiger partial charge is 0.271 e. The zero-order valence-electron chi connectivity index (χ0n) is 15.7. The second-order valence-corrected chi connectivity index (χ2v) is 8.64. The van der Waals surface area contributed by atoms with E-state index in [0.29, 0.717) is 5.75 Å². The fourth-order valence-corrected chi connectivity index (χ4v) is 4.43. The van der Waals surface area contributed by atoms with Crippen LogP contribution in [-0.4, -0.2) is 43.9 Å². The third kappa shape index (κ3) is 4.32. The summed E-state index contributed by atoms with van der Waals surface area (Å²) in [5, 5.41) is 11.2. The molecule has 0 aliphatic carbocycles. The molecule has 1 aliphatic rings. The van der Waals surface area contributed by atoms with Gasteiger partial charge in [-0.05, 0) is 29.7 Å².